The molecule has 0 aliphatic carbocycles. The van der Waals surface area contributed by atoms with Crippen LogP contribution in [0.2, 0.25) is 0 Å². The summed E-state index contributed by atoms with van der Waals surface area (Å²) in [6, 6.07) is 3.87. The second-order valence-electron chi connectivity index (χ2n) is 4.55. The van der Waals surface area contributed by atoms with Crippen molar-refractivity contribution in [1.82, 2.24) is 0 Å². The lowest BCUT2D eigenvalue weighted by atomic mass is 10.0. The quantitative estimate of drug-likeness (QED) is 0.555. The summed E-state index contributed by atoms with van der Waals surface area (Å²) in [5.74, 6) is 0.644. The number of ether oxygens (including phenoxy) is 1. The summed E-state index contributed by atoms with van der Waals surface area (Å²) in [6.45, 7) is 3.49. The molecule has 2 unspecified atom stereocenters. The van der Waals surface area contributed by atoms with Gasteiger partial charge in [-0.15, -0.1) is 0 Å². The number of nitro groups is 1. The largest absolute Gasteiger partial charge is 0.493 e. The highest BCUT2D eigenvalue weighted by Crippen LogP contribution is 2.32. The van der Waals surface area contributed by atoms with Crippen LogP contribution >= 0.6 is 11.8 Å². The number of rotatable bonds is 8. The van der Waals surface area contributed by atoms with Crippen molar-refractivity contribution in [3.8, 4) is 5.75 Å². The molecule has 0 heterocycles. The van der Waals surface area contributed by atoms with Gasteiger partial charge in [-0.1, -0.05) is 11.8 Å². The van der Waals surface area contributed by atoms with Gasteiger partial charge in [0.1, 0.15) is 11.9 Å². The SMILES string of the molecule is CCOc1ccc([N+](=O)[O-])cc1C(O)C(O)CCSC(C)=O. The highest BCUT2D eigenvalue weighted by molar-refractivity contribution is 8.13. The first-order valence-electron chi connectivity index (χ1n) is 6.77. The molecule has 22 heavy (non-hydrogen) atoms. The third kappa shape index (κ3) is 5.28. The van der Waals surface area contributed by atoms with E-state index in [1.807, 2.05) is 0 Å². The summed E-state index contributed by atoms with van der Waals surface area (Å²) >= 11 is 1.05. The molecule has 2 N–H and O–H groups in total. The second kappa shape index (κ2) is 8.72. The van der Waals surface area contributed by atoms with E-state index in [1.165, 1.54) is 25.1 Å². The van der Waals surface area contributed by atoms with Crippen LogP contribution in [0.4, 0.5) is 5.69 Å². The number of nitro benzene ring substituents is 1. The molecule has 1 aromatic carbocycles. The van der Waals surface area contributed by atoms with E-state index in [1.54, 1.807) is 6.92 Å². The fraction of sp³-hybridized carbons (Fsp3) is 0.500. The zero-order valence-corrected chi connectivity index (χ0v) is 13.2. The number of hydrogen-bond acceptors (Lipinski definition) is 7. The van der Waals surface area contributed by atoms with Gasteiger partial charge in [0, 0.05) is 30.4 Å². The summed E-state index contributed by atoms with van der Waals surface area (Å²) < 4.78 is 5.33. The van der Waals surface area contributed by atoms with E-state index >= 15 is 0 Å². The van der Waals surface area contributed by atoms with Crippen LogP contribution < -0.4 is 4.74 Å². The first-order valence-corrected chi connectivity index (χ1v) is 7.76. The third-order valence-electron chi connectivity index (χ3n) is 2.91. The molecule has 0 saturated carbocycles. The molecule has 0 fully saturated rings. The minimum Gasteiger partial charge on any atom is -0.493 e. The van der Waals surface area contributed by atoms with E-state index in [0.717, 1.165) is 11.8 Å². The molecule has 0 saturated heterocycles. The number of nitrogens with zero attached hydrogens (tertiary/aromatic N) is 1. The molecule has 0 amide bonds. The number of non-ortho nitro benzene ring substituents is 1. The lowest BCUT2D eigenvalue weighted by Crippen LogP contribution is -2.20. The Hall–Kier alpha value is -1.64. The van der Waals surface area contributed by atoms with Gasteiger partial charge in [0.15, 0.2) is 5.12 Å². The highest BCUT2D eigenvalue weighted by atomic mass is 32.2. The Morgan fingerprint density at radius 2 is 2.14 bits per heavy atom. The Bertz CT molecular complexity index is 536. The number of carbonyl (C=O) groups is 1. The van der Waals surface area contributed by atoms with Crippen molar-refractivity contribution in [1.29, 1.82) is 0 Å². The minimum atomic E-state index is -1.32. The molecule has 1 aromatic rings. The van der Waals surface area contributed by atoms with Gasteiger partial charge in [-0.2, -0.15) is 0 Å². The standard InChI is InChI=1S/C14H19NO6S/c1-3-21-13-5-4-10(15(19)20)8-11(13)14(18)12(17)6-7-22-9(2)16/h4-5,8,12,14,17-18H,3,6-7H2,1-2H3. The number of carbonyl (C=O) groups excluding carboxylic acids is 1. The Morgan fingerprint density at radius 3 is 2.68 bits per heavy atom. The first kappa shape index (κ1) is 18.4. The van der Waals surface area contributed by atoms with E-state index in [4.69, 9.17) is 4.74 Å². The van der Waals surface area contributed by atoms with Gasteiger partial charge in [0.05, 0.1) is 17.6 Å². The predicted octanol–water partition coefficient (Wildman–Crippen LogP) is 2.06. The summed E-state index contributed by atoms with van der Waals surface area (Å²) in [5, 5.41) is 31.0. The van der Waals surface area contributed by atoms with E-state index in [9.17, 15) is 25.1 Å². The molecule has 0 bridgehead atoms. The fourth-order valence-electron chi connectivity index (χ4n) is 1.86. The zero-order chi connectivity index (χ0) is 16.7. The molecular weight excluding hydrogens is 310 g/mol. The lowest BCUT2D eigenvalue weighted by Gasteiger charge is -2.20. The van der Waals surface area contributed by atoms with Crippen LogP contribution in [0, 0.1) is 10.1 Å². The summed E-state index contributed by atoms with van der Waals surface area (Å²) in [7, 11) is 0. The average molecular weight is 329 g/mol. The topological polar surface area (TPSA) is 110 Å². The Kier molecular flexibility index (Phi) is 7.30. The lowest BCUT2D eigenvalue weighted by molar-refractivity contribution is -0.385. The fourth-order valence-corrected chi connectivity index (χ4v) is 2.50. The van der Waals surface area contributed by atoms with Crippen molar-refractivity contribution in [2.24, 2.45) is 0 Å². The van der Waals surface area contributed by atoms with Crippen molar-refractivity contribution in [2.75, 3.05) is 12.4 Å². The summed E-state index contributed by atoms with van der Waals surface area (Å²) in [5.41, 5.74) is -0.0285. The van der Waals surface area contributed by atoms with Crippen LogP contribution in [0.3, 0.4) is 0 Å². The number of thioether (sulfide) groups is 1. The smallest absolute Gasteiger partial charge is 0.270 e. The monoisotopic (exact) mass is 329 g/mol. The molecule has 1 rings (SSSR count). The molecule has 0 aliphatic heterocycles. The molecule has 0 spiro atoms. The Labute approximate surface area is 132 Å². The number of aliphatic hydroxyl groups is 2. The molecule has 122 valence electrons. The van der Waals surface area contributed by atoms with Crippen molar-refractivity contribution >= 4 is 22.6 Å². The number of benzene rings is 1. The van der Waals surface area contributed by atoms with Gasteiger partial charge in [-0.3, -0.25) is 14.9 Å². The van der Waals surface area contributed by atoms with Gasteiger partial charge in [-0.25, -0.2) is 0 Å². The van der Waals surface area contributed by atoms with Crippen molar-refractivity contribution in [2.45, 2.75) is 32.5 Å². The van der Waals surface area contributed by atoms with Crippen molar-refractivity contribution in [3.63, 3.8) is 0 Å². The molecule has 0 aliphatic rings. The van der Waals surface area contributed by atoms with Crippen LogP contribution in [0.15, 0.2) is 18.2 Å². The van der Waals surface area contributed by atoms with Crippen LogP contribution in [0.25, 0.3) is 0 Å². The number of hydrogen-bond donors (Lipinski definition) is 2. The first-order chi connectivity index (χ1) is 10.4. The molecule has 0 radical (unpaired) electrons. The van der Waals surface area contributed by atoms with Crippen LogP contribution in [-0.2, 0) is 4.79 Å². The van der Waals surface area contributed by atoms with Gasteiger partial charge in [0.2, 0.25) is 0 Å². The Balaban J connectivity index is 2.92. The van der Waals surface area contributed by atoms with Crippen LogP contribution in [0.5, 0.6) is 5.75 Å². The molecule has 0 aromatic heterocycles. The van der Waals surface area contributed by atoms with E-state index < -0.39 is 17.1 Å². The van der Waals surface area contributed by atoms with Gasteiger partial charge in [-0.05, 0) is 19.4 Å². The van der Waals surface area contributed by atoms with Gasteiger partial charge in [0.25, 0.3) is 5.69 Å². The molecule has 8 heteroatoms. The predicted molar refractivity (Wildman–Crippen MR) is 83.0 cm³/mol. The maximum absolute atomic E-state index is 10.8. The second-order valence-corrected chi connectivity index (χ2v) is 5.82. The normalized spacial score (nSPS) is 13.5. The molecule has 7 nitrogen and oxygen atoms in total. The van der Waals surface area contributed by atoms with Crippen molar-refractivity contribution < 1.29 is 24.7 Å². The van der Waals surface area contributed by atoms with E-state index in [0.29, 0.717) is 18.1 Å². The number of aliphatic hydroxyl groups excluding tert-OH is 2. The third-order valence-corrected chi connectivity index (χ3v) is 3.75. The van der Waals surface area contributed by atoms with Gasteiger partial charge < -0.3 is 14.9 Å². The Morgan fingerprint density at radius 1 is 1.45 bits per heavy atom. The summed E-state index contributed by atoms with van der Waals surface area (Å²) in [6.07, 6.45) is -2.29. The van der Waals surface area contributed by atoms with E-state index in [2.05, 4.69) is 0 Å². The van der Waals surface area contributed by atoms with Crippen LogP contribution in [0.1, 0.15) is 31.9 Å². The van der Waals surface area contributed by atoms with E-state index in [-0.39, 0.29) is 22.8 Å². The van der Waals surface area contributed by atoms with Gasteiger partial charge >= 0.3 is 0 Å². The van der Waals surface area contributed by atoms with Crippen molar-refractivity contribution in [3.05, 3.63) is 33.9 Å². The molecular formula is C14H19NO6S. The molecule has 2 atom stereocenters. The maximum Gasteiger partial charge on any atom is 0.270 e. The zero-order valence-electron chi connectivity index (χ0n) is 12.4. The maximum atomic E-state index is 10.8. The highest BCUT2D eigenvalue weighted by Gasteiger charge is 2.24. The average Bonchev–Trinajstić information content (AvgIpc) is 2.46. The summed E-state index contributed by atoms with van der Waals surface area (Å²) in [4.78, 5) is 21.1. The minimum absolute atomic E-state index is 0.0768. The van der Waals surface area contributed by atoms with Crippen LogP contribution in [-0.4, -0.2) is 38.7 Å².